The van der Waals surface area contributed by atoms with Crippen LogP contribution in [0.15, 0.2) is 48.8 Å². The number of fused-ring (bicyclic) bond motifs is 1. The molecule has 4 rings (SSSR count). The molecule has 194 valence electrons. The maximum atomic E-state index is 10.0. The summed E-state index contributed by atoms with van der Waals surface area (Å²) in [5, 5.41) is 36.1. The van der Waals surface area contributed by atoms with E-state index in [1.165, 1.54) is 6.20 Å². The molecule has 4 aromatic rings. The highest BCUT2D eigenvalue weighted by Crippen LogP contribution is 2.35. The minimum absolute atomic E-state index is 0.0600. The van der Waals surface area contributed by atoms with Crippen LogP contribution in [0, 0.1) is 28.1 Å². The number of halogens is 1. The van der Waals surface area contributed by atoms with Crippen molar-refractivity contribution in [3.63, 3.8) is 0 Å². The van der Waals surface area contributed by atoms with Gasteiger partial charge < -0.3 is 10.6 Å². The number of aromatic nitrogens is 4. The number of nitrogens with one attached hydrogen (secondary N) is 2. The Hall–Kier alpha value is -4.14. The van der Waals surface area contributed by atoms with Crippen molar-refractivity contribution < 1.29 is 1.37 Å². The van der Waals surface area contributed by atoms with Gasteiger partial charge in [-0.3, -0.25) is 4.98 Å². The van der Waals surface area contributed by atoms with Crippen LogP contribution in [0.3, 0.4) is 0 Å². The zero-order valence-electron chi connectivity index (χ0n) is 23.4. The number of nitrogens with zero attached hydrogens (tertiary/aromatic N) is 6. The summed E-state index contributed by atoms with van der Waals surface area (Å²) in [7, 11) is 0. The van der Waals surface area contributed by atoms with Crippen molar-refractivity contribution in [3.8, 4) is 12.1 Å². The van der Waals surface area contributed by atoms with Gasteiger partial charge in [-0.2, -0.15) is 10.5 Å². The molecule has 38 heavy (non-hydrogen) atoms. The molecular weight excluding hydrogens is 496 g/mol. The fourth-order valence-electron chi connectivity index (χ4n) is 3.87. The van der Waals surface area contributed by atoms with E-state index >= 15 is 0 Å². The minimum Gasteiger partial charge on any atom is -0.383 e. The molecule has 0 fully saturated rings. The Morgan fingerprint density at radius 1 is 1.08 bits per heavy atom. The van der Waals surface area contributed by atoms with E-state index in [1.807, 2.05) is 20.8 Å². The molecule has 2 N–H and O–H groups in total. The molecule has 2 aromatic carbocycles. The van der Waals surface area contributed by atoms with Crippen molar-refractivity contribution in [2.45, 2.75) is 53.1 Å². The second-order valence-corrected chi connectivity index (χ2v) is 11.7. The average Bonchev–Trinajstić information content (AvgIpc) is 3.38. The Kier molecular flexibility index (Phi) is 6.93. The molecule has 0 saturated carbocycles. The van der Waals surface area contributed by atoms with Crippen LogP contribution >= 0.6 is 11.6 Å². The van der Waals surface area contributed by atoms with Gasteiger partial charge >= 0.3 is 0 Å². The second-order valence-electron chi connectivity index (χ2n) is 11.3. The molecular formula is C29H31ClN8. The molecule has 2 heterocycles. The molecule has 0 spiro atoms. The first-order chi connectivity index (χ1) is 18.3. The summed E-state index contributed by atoms with van der Waals surface area (Å²) < 4.78 is 11.3. The third kappa shape index (κ3) is 5.72. The van der Waals surface area contributed by atoms with Crippen molar-refractivity contribution in [1.82, 2.24) is 20.0 Å². The van der Waals surface area contributed by atoms with Crippen LogP contribution in [0.1, 0.15) is 71.3 Å². The lowest BCUT2D eigenvalue weighted by atomic mass is 9.96. The van der Waals surface area contributed by atoms with Gasteiger partial charge in [-0.05, 0) is 49.9 Å². The van der Waals surface area contributed by atoms with Gasteiger partial charge in [0.1, 0.15) is 17.8 Å². The summed E-state index contributed by atoms with van der Waals surface area (Å²) >= 11 is 6.60. The molecule has 0 radical (unpaired) electrons. The lowest BCUT2D eigenvalue weighted by Gasteiger charge is -2.23. The van der Waals surface area contributed by atoms with Gasteiger partial charge in [-0.25, -0.2) is 4.68 Å². The van der Waals surface area contributed by atoms with Gasteiger partial charge in [-0.1, -0.05) is 55.8 Å². The molecule has 2 aromatic heterocycles. The van der Waals surface area contributed by atoms with E-state index < -0.39 is 6.02 Å². The molecule has 1 atom stereocenters. The number of hydrogen-bond donors (Lipinski definition) is 2. The first-order valence-electron chi connectivity index (χ1n) is 12.7. The molecule has 0 bridgehead atoms. The molecule has 9 heteroatoms. The van der Waals surface area contributed by atoms with Crippen molar-refractivity contribution in [1.29, 1.82) is 10.5 Å². The summed E-state index contributed by atoms with van der Waals surface area (Å²) in [4.78, 5) is 4.42. The average molecular weight is 528 g/mol. The molecule has 0 aliphatic rings. The predicted molar refractivity (Wildman–Crippen MR) is 151 cm³/mol. The zero-order chi connectivity index (χ0) is 28.6. The fraction of sp³-hybridized carbons (Fsp3) is 0.345. The van der Waals surface area contributed by atoms with Gasteiger partial charge in [0, 0.05) is 28.8 Å². The highest BCUT2D eigenvalue weighted by molar-refractivity contribution is 6.31. The number of benzene rings is 2. The minimum atomic E-state index is -1.65. The number of rotatable bonds is 6. The zero-order valence-corrected chi connectivity index (χ0v) is 23.1. The Balaban J connectivity index is 1.93. The normalized spacial score (nSPS) is 13.8. The largest absolute Gasteiger partial charge is 0.383 e. The third-order valence-corrected chi connectivity index (χ3v) is 6.19. The van der Waals surface area contributed by atoms with Crippen LogP contribution in [0.25, 0.3) is 10.9 Å². The predicted octanol–water partition coefficient (Wildman–Crippen LogP) is 6.64. The van der Waals surface area contributed by atoms with Crippen molar-refractivity contribution in [2.75, 3.05) is 17.2 Å². The standard InChI is InChI=1S/C29H31ClN8/c1-28(2,3)17-34-26-19(14-32)15-33-25-18(13-31)11-20(12-22(25)26)35-27(21-9-7-8-10-23(21)30)24-16-38(37-36-24)29(4,5)6/h7-12,15-16,27,35H,17H2,1-6H3,(H,33,34)/t27-/m1/s1/i27D. The van der Waals surface area contributed by atoms with Gasteiger partial charge in [0.25, 0.3) is 0 Å². The van der Waals surface area contributed by atoms with Crippen LogP contribution < -0.4 is 10.6 Å². The third-order valence-electron chi connectivity index (χ3n) is 5.86. The molecule has 0 amide bonds. The van der Waals surface area contributed by atoms with Crippen molar-refractivity contribution >= 4 is 33.9 Å². The first-order valence-corrected chi connectivity index (χ1v) is 12.6. The van der Waals surface area contributed by atoms with E-state index in [9.17, 15) is 11.9 Å². The highest BCUT2D eigenvalue weighted by Gasteiger charge is 2.24. The summed E-state index contributed by atoms with van der Waals surface area (Å²) in [6.45, 7) is 12.8. The van der Waals surface area contributed by atoms with Crippen LogP contribution in [0.5, 0.6) is 0 Å². The van der Waals surface area contributed by atoms with Crippen LogP contribution in [-0.2, 0) is 5.54 Å². The fourth-order valence-corrected chi connectivity index (χ4v) is 4.10. The van der Waals surface area contributed by atoms with E-state index in [0.717, 1.165) is 0 Å². The van der Waals surface area contributed by atoms with Gasteiger partial charge in [0.15, 0.2) is 0 Å². The molecule has 0 unspecified atom stereocenters. The maximum Gasteiger partial charge on any atom is 0.110 e. The number of hydrogen-bond acceptors (Lipinski definition) is 7. The van der Waals surface area contributed by atoms with Crippen LogP contribution in [-0.4, -0.2) is 26.5 Å². The second kappa shape index (κ2) is 10.3. The van der Waals surface area contributed by atoms with E-state index in [0.29, 0.717) is 56.2 Å². The van der Waals surface area contributed by atoms with Crippen LogP contribution in [0.2, 0.25) is 5.02 Å². The number of nitriles is 2. The van der Waals surface area contributed by atoms with E-state index in [4.69, 9.17) is 11.6 Å². The summed E-state index contributed by atoms with van der Waals surface area (Å²) in [5.41, 5.74) is 2.58. The summed E-state index contributed by atoms with van der Waals surface area (Å²) in [6.07, 6.45) is 3.20. The van der Waals surface area contributed by atoms with E-state index in [-0.39, 0.29) is 11.0 Å². The summed E-state index contributed by atoms with van der Waals surface area (Å²) in [6, 6.07) is 13.3. The Bertz CT molecular complexity index is 1620. The molecule has 0 aliphatic heterocycles. The van der Waals surface area contributed by atoms with E-state index in [2.05, 4.69) is 58.8 Å². The van der Waals surface area contributed by atoms with E-state index in [1.54, 1.807) is 47.3 Å². The molecule has 8 nitrogen and oxygen atoms in total. The first kappa shape index (κ1) is 25.5. The van der Waals surface area contributed by atoms with Crippen LogP contribution in [0.4, 0.5) is 11.4 Å². The number of anilines is 2. The SMILES string of the molecule is [2H][C@](Nc1cc(C#N)c2ncc(C#N)c(NCC(C)(C)C)c2c1)(c1cn(C(C)(C)C)nn1)c1ccccc1Cl. The van der Waals surface area contributed by atoms with Gasteiger partial charge in [-0.15, -0.1) is 5.10 Å². The highest BCUT2D eigenvalue weighted by atomic mass is 35.5. The topological polar surface area (TPSA) is 115 Å². The number of pyridine rings is 1. The Morgan fingerprint density at radius 2 is 1.79 bits per heavy atom. The smallest absolute Gasteiger partial charge is 0.110 e. The summed E-state index contributed by atoms with van der Waals surface area (Å²) in [5.74, 6) is 0. The lowest BCUT2D eigenvalue weighted by Crippen LogP contribution is -2.22. The Morgan fingerprint density at radius 3 is 2.39 bits per heavy atom. The lowest BCUT2D eigenvalue weighted by molar-refractivity contribution is 0.347. The molecule has 0 aliphatic carbocycles. The Labute approximate surface area is 229 Å². The van der Waals surface area contributed by atoms with Gasteiger partial charge in [0.05, 0.1) is 41.5 Å². The van der Waals surface area contributed by atoms with Gasteiger partial charge in [0.2, 0.25) is 0 Å². The molecule has 0 saturated heterocycles. The monoisotopic (exact) mass is 527 g/mol. The van der Waals surface area contributed by atoms with Crippen molar-refractivity contribution in [2.24, 2.45) is 5.41 Å². The maximum absolute atomic E-state index is 10.0. The quantitative estimate of drug-likeness (QED) is 0.289. The van der Waals surface area contributed by atoms with Crippen molar-refractivity contribution in [3.05, 3.63) is 76.2 Å².